The molecular weight excluding hydrogens is 231 g/mol. The van der Waals surface area contributed by atoms with Crippen LogP contribution in [0.15, 0.2) is 42.5 Å². The number of ether oxygens (including phenoxy) is 1. The SMILES string of the molecule is O=C1COc2cccc(Cc3ccc(F)cc3)c21. The molecule has 0 spiro atoms. The number of fused-ring (bicyclic) bond motifs is 1. The molecule has 18 heavy (non-hydrogen) atoms. The number of hydrogen-bond acceptors (Lipinski definition) is 2. The molecule has 2 aromatic rings. The molecule has 2 aromatic carbocycles. The van der Waals surface area contributed by atoms with Crippen LogP contribution in [0.3, 0.4) is 0 Å². The second kappa shape index (κ2) is 4.26. The van der Waals surface area contributed by atoms with Crippen LogP contribution in [-0.4, -0.2) is 12.4 Å². The lowest BCUT2D eigenvalue weighted by molar-refractivity contribution is 0.0960. The normalized spacial score (nSPS) is 13.3. The smallest absolute Gasteiger partial charge is 0.204 e. The van der Waals surface area contributed by atoms with Gasteiger partial charge in [0, 0.05) is 0 Å². The minimum absolute atomic E-state index is 0.0164. The molecule has 3 rings (SSSR count). The highest BCUT2D eigenvalue weighted by Gasteiger charge is 2.23. The number of ketones is 1. The topological polar surface area (TPSA) is 26.3 Å². The molecule has 0 atom stereocenters. The van der Waals surface area contributed by atoms with Crippen molar-refractivity contribution >= 4 is 5.78 Å². The first kappa shape index (κ1) is 11.0. The summed E-state index contributed by atoms with van der Waals surface area (Å²) in [4.78, 5) is 11.7. The van der Waals surface area contributed by atoms with Crippen molar-refractivity contribution < 1.29 is 13.9 Å². The molecule has 0 amide bonds. The summed E-state index contributed by atoms with van der Waals surface area (Å²) < 4.78 is 18.1. The van der Waals surface area contributed by atoms with Crippen molar-refractivity contribution in [2.75, 3.05) is 6.61 Å². The zero-order chi connectivity index (χ0) is 12.5. The first-order valence-corrected chi connectivity index (χ1v) is 5.76. The molecular formula is C15H11FO2. The summed E-state index contributed by atoms with van der Waals surface area (Å²) in [5, 5.41) is 0. The van der Waals surface area contributed by atoms with E-state index in [0.717, 1.165) is 11.1 Å². The lowest BCUT2D eigenvalue weighted by Crippen LogP contribution is -2.02. The number of carbonyl (C=O) groups is 1. The summed E-state index contributed by atoms with van der Waals surface area (Å²) in [5.41, 5.74) is 2.58. The highest BCUT2D eigenvalue weighted by atomic mass is 19.1. The van der Waals surface area contributed by atoms with Crippen molar-refractivity contribution in [3.63, 3.8) is 0 Å². The van der Waals surface area contributed by atoms with Gasteiger partial charge in [0.05, 0.1) is 5.56 Å². The first-order valence-electron chi connectivity index (χ1n) is 5.76. The van der Waals surface area contributed by atoms with Crippen molar-refractivity contribution in [1.82, 2.24) is 0 Å². The van der Waals surface area contributed by atoms with Gasteiger partial charge in [-0.15, -0.1) is 0 Å². The molecule has 0 radical (unpaired) electrons. The van der Waals surface area contributed by atoms with Crippen LogP contribution in [0, 0.1) is 5.82 Å². The summed E-state index contributed by atoms with van der Waals surface area (Å²) >= 11 is 0. The highest BCUT2D eigenvalue weighted by molar-refractivity contribution is 6.03. The molecule has 0 aliphatic carbocycles. The number of hydrogen-bond donors (Lipinski definition) is 0. The van der Waals surface area contributed by atoms with Crippen molar-refractivity contribution in [3.05, 3.63) is 65.0 Å². The monoisotopic (exact) mass is 242 g/mol. The van der Waals surface area contributed by atoms with Gasteiger partial charge in [0.1, 0.15) is 11.6 Å². The van der Waals surface area contributed by atoms with E-state index in [4.69, 9.17) is 4.74 Å². The third-order valence-electron chi connectivity index (χ3n) is 3.06. The Morgan fingerprint density at radius 2 is 1.89 bits per heavy atom. The Morgan fingerprint density at radius 1 is 1.11 bits per heavy atom. The molecule has 0 fully saturated rings. The minimum atomic E-state index is -0.253. The van der Waals surface area contributed by atoms with E-state index >= 15 is 0 Å². The lowest BCUT2D eigenvalue weighted by Gasteiger charge is -2.06. The average molecular weight is 242 g/mol. The third-order valence-corrected chi connectivity index (χ3v) is 3.06. The van der Waals surface area contributed by atoms with Crippen molar-refractivity contribution in [3.8, 4) is 5.75 Å². The molecule has 0 bridgehead atoms. The summed E-state index contributed by atoms with van der Waals surface area (Å²) in [6, 6.07) is 11.9. The van der Waals surface area contributed by atoms with Gasteiger partial charge in [0.15, 0.2) is 6.61 Å². The molecule has 1 aliphatic heterocycles. The largest absolute Gasteiger partial charge is 0.485 e. The van der Waals surface area contributed by atoms with Crippen LogP contribution in [0.4, 0.5) is 4.39 Å². The fraction of sp³-hybridized carbons (Fsp3) is 0.133. The van der Waals surface area contributed by atoms with Gasteiger partial charge in [-0.2, -0.15) is 0 Å². The number of halogens is 1. The summed E-state index contributed by atoms with van der Waals surface area (Å²) in [6.45, 7) is 0.121. The first-order chi connectivity index (χ1) is 8.74. The van der Waals surface area contributed by atoms with Crippen molar-refractivity contribution in [1.29, 1.82) is 0 Å². The molecule has 0 N–H and O–H groups in total. The molecule has 0 saturated carbocycles. The van der Waals surface area contributed by atoms with E-state index in [1.54, 1.807) is 18.2 Å². The van der Waals surface area contributed by atoms with Gasteiger partial charge in [-0.3, -0.25) is 4.79 Å². The Morgan fingerprint density at radius 3 is 2.67 bits per heavy atom. The Bertz CT molecular complexity index is 602. The van der Waals surface area contributed by atoms with Crippen molar-refractivity contribution in [2.45, 2.75) is 6.42 Å². The fourth-order valence-corrected chi connectivity index (χ4v) is 2.20. The number of carbonyl (C=O) groups excluding carboxylic acids is 1. The Balaban J connectivity index is 1.96. The maximum Gasteiger partial charge on any atom is 0.204 e. The molecule has 0 unspecified atom stereocenters. The van der Waals surface area contributed by atoms with Gasteiger partial charge in [0.25, 0.3) is 0 Å². The van der Waals surface area contributed by atoms with E-state index in [0.29, 0.717) is 17.7 Å². The maximum absolute atomic E-state index is 12.8. The summed E-state index contributed by atoms with van der Waals surface area (Å²) in [6.07, 6.45) is 0.610. The summed E-state index contributed by atoms with van der Waals surface area (Å²) in [5.74, 6) is 0.416. The number of rotatable bonds is 2. The van der Waals surface area contributed by atoms with E-state index in [-0.39, 0.29) is 18.2 Å². The third kappa shape index (κ3) is 1.88. The van der Waals surface area contributed by atoms with Gasteiger partial charge in [-0.25, -0.2) is 4.39 Å². The lowest BCUT2D eigenvalue weighted by atomic mass is 9.98. The molecule has 0 aromatic heterocycles. The molecule has 3 heteroatoms. The van der Waals surface area contributed by atoms with Crippen LogP contribution < -0.4 is 4.74 Å². The number of benzene rings is 2. The van der Waals surface area contributed by atoms with Crippen LogP contribution in [-0.2, 0) is 6.42 Å². The molecule has 90 valence electrons. The predicted octanol–water partition coefficient (Wildman–Crippen LogP) is 2.99. The average Bonchev–Trinajstić information content (AvgIpc) is 2.75. The molecule has 2 nitrogen and oxygen atoms in total. The van der Waals surface area contributed by atoms with E-state index in [2.05, 4.69) is 0 Å². The molecule has 0 saturated heterocycles. The van der Waals surface area contributed by atoms with E-state index in [9.17, 15) is 9.18 Å². The Labute approximate surface area is 104 Å². The maximum atomic E-state index is 12.8. The van der Waals surface area contributed by atoms with E-state index in [1.807, 2.05) is 12.1 Å². The summed E-state index contributed by atoms with van der Waals surface area (Å²) in [7, 11) is 0. The van der Waals surface area contributed by atoms with Gasteiger partial charge in [-0.05, 0) is 35.7 Å². The van der Waals surface area contributed by atoms with Gasteiger partial charge < -0.3 is 4.74 Å². The van der Waals surface area contributed by atoms with Crippen LogP contribution in [0.2, 0.25) is 0 Å². The highest BCUT2D eigenvalue weighted by Crippen LogP contribution is 2.29. The fourth-order valence-electron chi connectivity index (χ4n) is 2.20. The quantitative estimate of drug-likeness (QED) is 0.809. The van der Waals surface area contributed by atoms with Gasteiger partial charge in [0.2, 0.25) is 5.78 Å². The van der Waals surface area contributed by atoms with Crippen molar-refractivity contribution in [2.24, 2.45) is 0 Å². The standard InChI is InChI=1S/C15H11FO2/c16-12-6-4-10(5-7-12)8-11-2-1-3-14-15(11)13(17)9-18-14/h1-7H,8-9H2. The Kier molecular flexibility index (Phi) is 2.59. The van der Waals surface area contributed by atoms with E-state index in [1.165, 1.54) is 12.1 Å². The van der Waals surface area contributed by atoms with Gasteiger partial charge >= 0.3 is 0 Å². The van der Waals surface area contributed by atoms with Crippen LogP contribution in [0.5, 0.6) is 5.75 Å². The Hall–Kier alpha value is -2.16. The number of Topliss-reactive ketones (excluding diaryl/α,β-unsaturated/α-hetero) is 1. The van der Waals surface area contributed by atoms with Crippen LogP contribution >= 0.6 is 0 Å². The predicted molar refractivity (Wildman–Crippen MR) is 65.5 cm³/mol. The second-order valence-corrected chi connectivity index (χ2v) is 4.31. The van der Waals surface area contributed by atoms with Crippen LogP contribution in [0.25, 0.3) is 0 Å². The zero-order valence-corrected chi connectivity index (χ0v) is 9.65. The van der Waals surface area contributed by atoms with Crippen LogP contribution in [0.1, 0.15) is 21.5 Å². The van der Waals surface area contributed by atoms with Gasteiger partial charge in [-0.1, -0.05) is 24.3 Å². The zero-order valence-electron chi connectivity index (χ0n) is 9.65. The van der Waals surface area contributed by atoms with E-state index < -0.39 is 0 Å². The minimum Gasteiger partial charge on any atom is -0.485 e. The molecule has 1 aliphatic rings. The molecule has 1 heterocycles. The second-order valence-electron chi connectivity index (χ2n) is 4.31.